The molecule has 0 unspecified atom stereocenters. The molecule has 5 rings (SSSR count). The average Bonchev–Trinajstić information content (AvgIpc) is 3.50. The lowest BCUT2D eigenvalue weighted by Gasteiger charge is -2.06. The van der Waals surface area contributed by atoms with Gasteiger partial charge in [-0.3, -0.25) is 9.59 Å². The maximum Gasteiger partial charge on any atom is 0.265 e. The molecular formula is C25H18N4O2S. The number of anilines is 2. The third-order valence-corrected chi connectivity index (χ3v) is 5.81. The van der Waals surface area contributed by atoms with Crippen molar-refractivity contribution in [2.45, 2.75) is 0 Å². The molecule has 2 amide bonds. The Bertz CT molecular complexity index is 1390. The number of aromatic amines is 1. The van der Waals surface area contributed by atoms with Crippen molar-refractivity contribution < 1.29 is 9.59 Å². The summed E-state index contributed by atoms with van der Waals surface area (Å²) in [6, 6.07) is 25.8. The van der Waals surface area contributed by atoms with Gasteiger partial charge in [0.1, 0.15) is 5.82 Å². The number of aromatic nitrogens is 2. The van der Waals surface area contributed by atoms with Crippen molar-refractivity contribution in [3.8, 4) is 11.4 Å². The Morgan fingerprint density at radius 2 is 1.53 bits per heavy atom. The van der Waals surface area contributed by atoms with Crippen LogP contribution in [0.25, 0.3) is 22.4 Å². The van der Waals surface area contributed by atoms with Crippen molar-refractivity contribution >= 4 is 45.6 Å². The van der Waals surface area contributed by atoms with Gasteiger partial charge in [-0.2, -0.15) is 0 Å². The number of thiophene rings is 1. The monoisotopic (exact) mass is 438 g/mol. The number of amides is 2. The zero-order chi connectivity index (χ0) is 21.9. The first kappa shape index (κ1) is 19.7. The van der Waals surface area contributed by atoms with Crippen LogP contribution in [-0.4, -0.2) is 21.8 Å². The van der Waals surface area contributed by atoms with Gasteiger partial charge >= 0.3 is 0 Å². The van der Waals surface area contributed by atoms with E-state index in [1.165, 1.54) is 11.3 Å². The highest BCUT2D eigenvalue weighted by molar-refractivity contribution is 7.12. The molecule has 0 atom stereocenters. The molecule has 0 aliphatic rings. The summed E-state index contributed by atoms with van der Waals surface area (Å²) in [7, 11) is 0. The summed E-state index contributed by atoms with van der Waals surface area (Å²) in [6.45, 7) is 0. The standard InChI is InChI=1S/C25H18N4O2S/c30-24(17-5-2-1-3-6-17)26-18-10-8-16(9-11-18)23-28-20-13-12-19(15-21(20)29-23)27-25(31)22-7-4-14-32-22/h1-15H,(H,26,30)(H,27,31)(H,28,29). The second kappa shape index (κ2) is 8.49. The van der Waals surface area contributed by atoms with E-state index in [4.69, 9.17) is 0 Å². The number of rotatable bonds is 5. The minimum atomic E-state index is -0.154. The predicted octanol–water partition coefficient (Wildman–Crippen LogP) is 5.80. The van der Waals surface area contributed by atoms with E-state index >= 15 is 0 Å². The summed E-state index contributed by atoms with van der Waals surface area (Å²) < 4.78 is 0. The number of carbonyl (C=O) groups is 2. The minimum absolute atomic E-state index is 0.132. The molecule has 3 N–H and O–H groups in total. The molecule has 6 nitrogen and oxygen atoms in total. The summed E-state index contributed by atoms with van der Waals surface area (Å²) in [5.41, 5.74) is 4.53. The van der Waals surface area contributed by atoms with Gasteiger partial charge in [0.2, 0.25) is 0 Å². The van der Waals surface area contributed by atoms with Crippen molar-refractivity contribution in [3.05, 3.63) is 101 Å². The number of hydrogen-bond donors (Lipinski definition) is 3. The molecule has 0 spiro atoms. The van der Waals surface area contributed by atoms with Gasteiger partial charge in [-0.1, -0.05) is 24.3 Å². The Kier molecular flexibility index (Phi) is 5.23. The van der Waals surface area contributed by atoms with Gasteiger partial charge in [0.15, 0.2) is 0 Å². The molecule has 0 radical (unpaired) electrons. The first-order valence-electron chi connectivity index (χ1n) is 9.97. The van der Waals surface area contributed by atoms with Crippen LogP contribution in [0.3, 0.4) is 0 Å². The van der Waals surface area contributed by atoms with Crippen molar-refractivity contribution in [1.29, 1.82) is 0 Å². The molecule has 0 aliphatic heterocycles. The van der Waals surface area contributed by atoms with E-state index in [1.807, 2.05) is 72.1 Å². The smallest absolute Gasteiger partial charge is 0.265 e. The third-order valence-electron chi connectivity index (χ3n) is 4.94. The summed E-state index contributed by atoms with van der Waals surface area (Å²) in [4.78, 5) is 33.2. The lowest BCUT2D eigenvalue weighted by atomic mass is 10.1. The maximum atomic E-state index is 12.3. The number of carbonyl (C=O) groups excluding carboxylic acids is 2. The molecule has 0 fully saturated rings. The SMILES string of the molecule is O=C(Nc1ccc(-c2nc3ccc(NC(=O)c4cccs4)cc3[nH]2)cc1)c1ccccc1. The Labute approximate surface area is 188 Å². The molecule has 7 heteroatoms. The summed E-state index contributed by atoms with van der Waals surface area (Å²) in [5, 5.41) is 7.67. The van der Waals surface area contributed by atoms with Crippen LogP contribution in [0.1, 0.15) is 20.0 Å². The van der Waals surface area contributed by atoms with Crippen LogP contribution in [0.5, 0.6) is 0 Å². The number of nitrogens with zero attached hydrogens (tertiary/aromatic N) is 1. The molecule has 0 saturated heterocycles. The number of H-pyrrole nitrogens is 1. The second-order valence-corrected chi connectivity index (χ2v) is 8.09. The Morgan fingerprint density at radius 3 is 2.28 bits per heavy atom. The van der Waals surface area contributed by atoms with Crippen LogP contribution in [0, 0.1) is 0 Å². The van der Waals surface area contributed by atoms with Crippen LogP contribution in [0.15, 0.2) is 90.3 Å². The fourth-order valence-electron chi connectivity index (χ4n) is 3.33. The van der Waals surface area contributed by atoms with Crippen LogP contribution >= 0.6 is 11.3 Å². The molecule has 156 valence electrons. The minimum Gasteiger partial charge on any atom is -0.338 e. The average molecular weight is 439 g/mol. The normalized spacial score (nSPS) is 10.8. The highest BCUT2D eigenvalue weighted by Gasteiger charge is 2.10. The van der Waals surface area contributed by atoms with Crippen LogP contribution in [-0.2, 0) is 0 Å². The van der Waals surface area contributed by atoms with E-state index in [-0.39, 0.29) is 11.8 Å². The number of benzene rings is 3. The maximum absolute atomic E-state index is 12.3. The van der Waals surface area contributed by atoms with Crippen LogP contribution < -0.4 is 10.6 Å². The quantitative estimate of drug-likeness (QED) is 0.324. The summed E-state index contributed by atoms with van der Waals surface area (Å²) in [6.07, 6.45) is 0. The van der Waals surface area contributed by atoms with Crippen LogP contribution in [0.4, 0.5) is 11.4 Å². The largest absolute Gasteiger partial charge is 0.338 e. The van der Waals surface area contributed by atoms with Gasteiger partial charge in [-0.25, -0.2) is 4.98 Å². The van der Waals surface area contributed by atoms with E-state index in [2.05, 4.69) is 20.6 Å². The molecule has 32 heavy (non-hydrogen) atoms. The van der Waals surface area contributed by atoms with Gasteiger partial charge in [0.05, 0.1) is 15.9 Å². The summed E-state index contributed by atoms with van der Waals surface area (Å²) in [5.74, 6) is 0.425. The lowest BCUT2D eigenvalue weighted by molar-refractivity contribution is 0.102. The first-order chi connectivity index (χ1) is 15.7. The number of hydrogen-bond acceptors (Lipinski definition) is 4. The van der Waals surface area contributed by atoms with Gasteiger partial charge in [-0.05, 0) is 66.0 Å². The highest BCUT2D eigenvalue weighted by Crippen LogP contribution is 2.25. The van der Waals surface area contributed by atoms with E-state index in [9.17, 15) is 9.59 Å². The topological polar surface area (TPSA) is 86.9 Å². The molecule has 0 bridgehead atoms. The Balaban J connectivity index is 1.32. The molecular weight excluding hydrogens is 420 g/mol. The zero-order valence-electron chi connectivity index (χ0n) is 16.8. The Morgan fingerprint density at radius 1 is 0.781 bits per heavy atom. The second-order valence-electron chi connectivity index (χ2n) is 7.15. The van der Waals surface area contributed by atoms with E-state index in [0.717, 1.165) is 16.6 Å². The molecule has 2 heterocycles. The lowest BCUT2D eigenvalue weighted by Crippen LogP contribution is -2.11. The summed E-state index contributed by atoms with van der Waals surface area (Å²) >= 11 is 1.40. The van der Waals surface area contributed by atoms with Crippen molar-refractivity contribution in [2.24, 2.45) is 0 Å². The fourth-order valence-corrected chi connectivity index (χ4v) is 3.95. The van der Waals surface area contributed by atoms with Gasteiger partial charge in [0.25, 0.3) is 11.8 Å². The number of nitrogens with one attached hydrogen (secondary N) is 3. The van der Waals surface area contributed by atoms with Crippen molar-refractivity contribution in [2.75, 3.05) is 10.6 Å². The third kappa shape index (κ3) is 4.14. The fraction of sp³-hybridized carbons (Fsp3) is 0. The molecule has 3 aromatic carbocycles. The Hall–Kier alpha value is -4.23. The molecule has 2 aromatic heterocycles. The zero-order valence-corrected chi connectivity index (χ0v) is 17.6. The van der Waals surface area contributed by atoms with Gasteiger partial charge in [-0.15, -0.1) is 11.3 Å². The van der Waals surface area contributed by atoms with Crippen molar-refractivity contribution in [1.82, 2.24) is 9.97 Å². The van der Waals surface area contributed by atoms with E-state index < -0.39 is 0 Å². The predicted molar refractivity (Wildman–Crippen MR) is 128 cm³/mol. The van der Waals surface area contributed by atoms with E-state index in [1.54, 1.807) is 18.2 Å². The van der Waals surface area contributed by atoms with Crippen molar-refractivity contribution in [3.63, 3.8) is 0 Å². The highest BCUT2D eigenvalue weighted by atomic mass is 32.1. The number of imidazole rings is 1. The molecule has 5 aromatic rings. The van der Waals surface area contributed by atoms with Gasteiger partial charge in [0, 0.05) is 22.5 Å². The van der Waals surface area contributed by atoms with E-state index in [0.29, 0.717) is 27.6 Å². The molecule has 0 saturated carbocycles. The first-order valence-corrected chi connectivity index (χ1v) is 10.9. The molecule has 0 aliphatic carbocycles. The van der Waals surface area contributed by atoms with Gasteiger partial charge < -0.3 is 15.6 Å². The number of fused-ring (bicyclic) bond motifs is 1. The van der Waals surface area contributed by atoms with Crippen LogP contribution in [0.2, 0.25) is 0 Å².